The molecule has 0 saturated carbocycles. The fourth-order valence-electron chi connectivity index (χ4n) is 3.35. The molecule has 1 saturated heterocycles. The first-order valence-corrected chi connectivity index (χ1v) is 9.81. The van der Waals surface area contributed by atoms with Gasteiger partial charge in [0.05, 0.1) is 28.9 Å². The fraction of sp³-hybridized carbons (Fsp3) is 0.286. The molecule has 0 N–H and O–H groups in total. The summed E-state index contributed by atoms with van der Waals surface area (Å²) in [5, 5.41) is 3.61. The first kappa shape index (κ1) is 17.2. The van der Waals surface area contributed by atoms with Gasteiger partial charge in [-0.1, -0.05) is 48.7 Å². The minimum absolute atomic E-state index is 0.712. The Kier molecular flexibility index (Phi) is 5.27. The van der Waals surface area contributed by atoms with Crippen LogP contribution in [0.25, 0.3) is 5.03 Å². The summed E-state index contributed by atoms with van der Waals surface area (Å²) in [6.45, 7) is 9.40. The summed E-state index contributed by atoms with van der Waals surface area (Å²) >= 11 is 1.84. The van der Waals surface area contributed by atoms with E-state index >= 15 is 0 Å². The topological polar surface area (TPSA) is 28.1 Å². The number of rotatable bonds is 5. The molecule has 0 radical (unpaired) electrons. The minimum Gasteiger partial charge on any atom is -0.500 e. The maximum Gasteiger partial charge on any atom is 0.0999 e. The Balaban J connectivity index is 1.60. The lowest BCUT2D eigenvalue weighted by atomic mass is 10.2. The Morgan fingerprint density at radius 3 is 2.65 bits per heavy atom. The summed E-state index contributed by atoms with van der Waals surface area (Å²) in [6.07, 6.45) is 1.52. The van der Waals surface area contributed by atoms with Crippen LogP contribution in [0, 0.1) is 0 Å². The lowest BCUT2D eigenvalue weighted by molar-refractivity contribution is 0.136. The van der Waals surface area contributed by atoms with Crippen molar-refractivity contribution in [1.82, 2.24) is 9.80 Å². The number of benzene rings is 2. The highest BCUT2D eigenvalue weighted by atomic mass is 32.2. The van der Waals surface area contributed by atoms with Crippen LogP contribution in [0.1, 0.15) is 0 Å². The third-order valence-corrected chi connectivity index (χ3v) is 5.99. The van der Waals surface area contributed by atoms with Gasteiger partial charge in [0.25, 0.3) is 0 Å². The van der Waals surface area contributed by atoms with Crippen LogP contribution in [0.3, 0.4) is 0 Å². The van der Waals surface area contributed by atoms with E-state index in [1.807, 2.05) is 11.8 Å². The van der Waals surface area contributed by atoms with Crippen LogP contribution in [-0.4, -0.2) is 49.1 Å². The van der Waals surface area contributed by atoms with Crippen LogP contribution >= 0.6 is 11.8 Å². The zero-order chi connectivity index (χ0) is 17.8. The molecule has 2 aliphatic rings. The second-order valence-electron chi connectivity index (χ2n) is 6.37. The average molecular weight is 366 g/mol. The van der Waals surface area contributed by atoms with Crippen molar-refractivity contribution in [3.05, 3.63) is 71.9 Å². The van der Waals surface area contributed by atoms with Crippen molar-refractivity contribution in [2.75, 3.05) is 39.3 Å². The number of thioether (sulfide) groups is 1. The van der Waals surface area contributed by atoms with Gasteiger partial charge >= 0.3 is 0 Å². The molecule has 26 heavy (non-hydrogen) atoms. The zero-order valence-electron chi connectivity index (χ0n) is 14.8. The van der Waals surface area contributed by atoms with Gasteiger partial charge in [0.15, 0.2) is 0 Å². The van der Waals surface area contributed by atoms with Crippen LogP contribution in [0.2, 0.25) is 0 Å². The number of ether oxygens (including phenoxy) is 1. The minimum atomic E-state index is 0.712. The summed E-state index contributed by atoms with van der Waals surface area (Å²) < 4.78 is 5.27. The molecule has 2 aromatic carbocycles. The van der Waals surface area contributed by atoms with E-state index in [1.165, 1.54) is 21.4 Å². The normalized spacial score (nSPS) is 16.9. The Morgan fingerprint density at radius 2 is 1.81 bits per heavy atom. The van der Waals surface area contributed by atoms with E-state index in [0.717, 1.165) is 43.8 Å². The first-order chi connectivity index (χ1) is 12.8. The van der Waals surface area contributed by atoms with Crippen molar-refractivity contribution in [3.63, 3.8) is 0 Å². The highest BCUT2D eigenvalue weighted by molar-refractivity contribution is 8.08. The van der Waals surface area contributed by atoms with Gasteiger partial charge in [0.2, 0.25) is 0 Å². The number of nitrogens with zero attached hydrogens (tertiary/aromatic N) is 3. The molecule has 134 valence electrons. The van der Waals surface area contributed by atoms with Crippen molar-refractivity contribution in [3.8, 4) is 0 Å². The molecule has 5 heteroatoms. The molecule has 2 heterocycles. The molecule has 0 bridgehead atoms. The molecule has 0 amide bonds. The summed E-state index contributed by atoms with van der Waals surface area (Å²) in [7, 11) is 0. The predicted molar refractivity (Wildman–Crippen MR) is 107 cm³/mol. The SMILES string of the molecule is C=COCCN1CCN(C2=c3ccccc3=Nc3ccccc3S2)CC1. The van der Waals surface area contributed by atoms with E-state index in [-0.39, 0.29) is 0 Å². The molecule has 0 aromatic heterocycles. The Labute approximate surface area is 158 Å². The second-order valence-corrected chi connectivity index (χ2v) is 7.40. The monoisotopic (exact) mass is 365 g/mol. The fourth-order valence-corrected chi connectivity index (χ4v) is 4.52. The summed E-state index contributed by atoms with van der Waals surface area (Å²) in [6, 6.07) is 16.9. The van der Waals surface area contributed by atoms with Gasteiger partial charge in [-0.05, 0) is 18.2 Å². The highest BCUT2D eigenvalue weighted by Crippen LogP contribution is 2.37. The van der Waals surface area contributed by atoms with Gasteiger partial charge in [-0.25, -0.2) is 4.99 Å². The lowest BCUT2D eigenvalue weighted by Crippen LogP contribution is -2.47. The number of hydrogen-bond donors (Lipinski definition) is 0. The average Bonchev–Trinajstić information content (AvgIpc) is 2.85. The predicted octanol–water partition coefficient (Wildman–Crippen LogP) is 2.59. The quantitative estimate of drug-likeness (QED) is 0.601. The molecule has 4 nitrogen and oxygen atoms in total. The Hall–Kier alpha value is -2.24. The van der Waals surface area contributed by atoms with Crippen molar-refractivity contribution in [2.24, 2.45) is 4.99 Å². The van der Waals surface area contributed by atoms with E-state index in [1.54, 1.807) is 0 Å². The molecular formula is C21H23N3OS. The number of hydrogen-bond acceptors (Lipinski definition) is 5. The van der Waals surface area contributed by atoms with Gasteiger partial charge in [-0.3, -0.25) is 4.90 Å². The molecule has 2 aromatic rings. The van der Waals surface area contributed by atoms with E-state index in [4.69, 9.17) is 9.73 Å². The van der Waals surface area contributed by atoms with Crippen LogP contribution in [0.4, 0.5) is 5.69 Å². The van der Waals surface area contributed by atoms with Crippen molar-refractivity contribution < 1.29 is 4.74 Å². The van der Waals surface area contributed by atoms with Gasteiger partial charge in [0, 0.05) is 42.8 Å². The molecular weight excluding hydrogens is 342 g/mol. The van der Waals surface area contributed by atoms with Gasteiger partial charge in [-0.15, -0.1) is 0 Å². The molecule has 0 aliphatic carbocycles. The van der Waals surface area contributed by atoms with Crippen LogP contribution in [0.5, 0.6) is 0 Å². The number of piperazine rings is 1. The van der Waals surface area contributed by atoms with E-state index in [2.05, 4.69) is 64.9 Å². The van der Waals surface area contributed by atoms with E-state index in [0.29, 0.717) is 6.61 Å². The maximum atomic E-state index is 5.27. The number of fused-ring (bicyclic) bond motifs is 2. The number of para-hydroxylation sites is 2. The third kappa shape index (κ3) is 3.64. The Morgan fingerprint density at radius 1 is 1.04 bits per heavy atom. The maximum absolute atomic E-state index is 5.27. The largest absolute Gasteiger partial charge is 0.500 e. The zero-order valence-corrected chi connectivity index (χ0v) is 15.6. The molecule has 0 spiro atoms. The summed E-state index contributed by atoms with van der Waals surface area (Å²) in [4.78, 5) is 11.1. The second kappa shape index (κ2) is 7.98. The van der Waals surface area contributed by atoms with Gasteiger partial charge < -0.3 is 9.64 Å². The van der Waals surface area contributed by atoms with Crippen molar-refractivity contribution in [2.45, 2.75) is 4.90 Å². The Bertz CT molecular complexity index is 903. The summed E-state index contributed by atoms with van der Waals surface area (Å²) in [5.41, 5.74) is 1.06. The molecule has 0 atom stereocenters. The standard InChI is InChI=1S/C21H23N3OS/c1-2-25-16-15-23-11-13-24(14-12-23)21-17-7-3-4-8-18(17)22-19-9-5-6-10-20(19)26-21/h2-10H,1,11-16H2. The van der Waals surface area contributed by atoms with Gasteiger partial charge in [0.1, 0.15) is 0 Å². The van der Waals surface area contributed by atoms with Crippen LogP contribution < -0.4 is 10.6 Å². The van der Waals surface area contributed by atoms with E-state index < -0.39 is 0 Å². The van der Waals surface area contributed by atoms with Gasteiger partial charge in [-0.2, -0.15) is 0 Å². The third-order valence-electron chi connectivity index (χ3n) is 4.75. The van der Waals surface area contributed by atoms with Crippen molar-refractivity contribution >= 4 is 22.5 Å². The smallest absolute Gasteiger partial charge is 0.0999 e. The van der Waals surface area contributed by atoms with Crippen molar-refractivity contribution in [1.29, 1.82) is 0 Å². The molecule has 1 fully saturated rings. The van der Waals surface area contributed by atoms with E-state index in [9.17, 15) is 0 Å². The van der Waals surface area contributed by atoms with Crippen LogP contribution in [0.15, 0.2) is 71.3 Å². The highest BCUT2D eigenvalue weighted by Gasteiger charge is 2.22. The first-order valence-electron chi connectivity index (χ1n) is 9.00. The lowest BCUT2D eigenvalue weighted by Gasteiger charge is -2.36. The van der Waals surface area contributed by atoms with Crippen LogP contribution in [-0.2, 0) is 4.74 Å². The molecule has 2 aliphatic heterocycles. The summed E-state index contributed by atoms with van der Waals surface area (Å²) in [5.74, 6) is 0. The molecule has 4 rings (SSSR count). The molecule has 0 unspecified atom stereocenters.